The Hall–Kier alpha value is -9.19. The number of fused-ring (bicyclic) bond motifs is 7. The first-order valence-corrected chi connectivity index (χ1v) is 23.0. The molecule has 0 atom stereocenters. The number of hydrogen-bond donors (Lipinski definition) is 0. The molecule has 0 fully saturated rings. The molecule has 3 heterocycles. The van der Waals surface area contributed by atoms with Crippen LogP contribution >= 0.6 is 0 Å². The fraction of sp³-hybridized carbons (Fsp3) is 0. The van der Waals surface area contributed by atoms with Crippen LogP contribution in [0.25, 0.3) is 123 Å². The van der Waals surface area contributed by atoms with Gasteiger partial charge in [-0.2, -0.15) is 9.97 Å². The predicted molar refractivity (Wildman–Crippen MR) is 281 cm³/mol. The van der Waals surface area contributed by atoms with Gasteiger partial charge in [-0.1, -0.05) is 212 Å². The molecule has 13 rings (SSSR count). The van der Waals surface area contributed by atoms with E-state index in [2.05, 4.69) is 221 Å². The number of aromatic nitrogens is 5. The Morgan fingerprint density at radius 2 is 0.603 bits per heavy atom. The third-order valence-electron chi connectivity index (χ3n) is 13.2. The van der Waals surface area contributed by atoms with Crippen molar-refractivity contribution in [1.29, 1.82) is 0 Å². The number of rotatable bonds is 8. The zero-order valence-electron chi connectivity index (χ0n) is 36.9. The van der Waals surface area contributed by atoms with Gasteiger partial charge < -0.3 is 4.57 Å². The zero-order chi connectivity index (χ0) is 45.0. The number of hydrogen-bond acceptors (Lipinski definition) is 3. The maximum Gasteiger partial charge on any atom is 0.238 e. The molecular weight excluding hydrogens is 827 g/mol. The normalized spacial score (nSPS) is 11.5. The summed E-state index contributed by atoms with van der Waals surface area (Å²) in [5, 5.41) is 4.55. The lowest BCUT2D eigenvalue weighted by atomic mass is 9.94. The van der Waals surface area contributed by atoms with E-state index in [4.69, 9.17) is 15.0 Å². The average Bonchev–Trinajstić information content (AvgIpc) is 3.95. The van der Waals surface area contributed by atoms with Crippen molar-refractivity contribution in [2.45, 2.75) is 0 Å². The van der Waals surface area contributed by atoms with Crippen molar-refractivity contribution in [2.24, 2.45) is 0 Å². The van der Waals surface area contributed by atoms with Crippen molar-refractivity contribution in [2.75, 3.05) is 0 Å². The van der Waals surface area contributed by atoms with E-state index in [1.54, 1.807) is 0 Å². The van der Waals surface area contributed by atoms with Crippen LogP contribution in [0.4, 0.5) is 0 Å². The second kappa shape index (κ2) is 16.4. The van der Waals surface area contributed by atoms with Gasteiger partial charge in [0.25, 0.3) is 0 Å². The van der Waals surface area contributed by atoms with E-state index in [0.29, 0.717) is 17.6 Å². The third kappa shape index (κ3) is 6.76. The highest BCUT2D eigenvalue weighted by molar-refractivity contribution is 6.23. The molecular formula is C63H41N5. The molecule has 0 unspecified atom stereocenters. The Balaban J connectivity index is 1.08. The average molecular weight is 868 g/mol. The molecule has 3 aromatic heterocycles. The van der Waals surface area contributed by atoms with Gasteiger partial charge in [0.05, 0.1) is 22.1 Å². The second-order valence-electron chi connectivity index (χ2n) is 17.2. The van der Waals surface area contributed by atoms with Gasteiger partial charge in [0.1, 0.15) is 0 Å². The van der Waals surface area contributed by atoms with Gasteiger partial charge in [-0.25, -0.2) is 4.98 Å². The van der Waals surface area contributed by atoms with E-state index in [0.717, 1.165) is 77.3 Å². The van der Waals surface area contributed by atoms with Crippen molar-refractivity contribution in [3.05, 3.63) is 249 Å². The monoisotopic (exact) mass is 867 g/mol. The maximum atomic E-state index is 5.33. The highest BCUT2D eigenvalue weighted by Gasteiger charge is 2.24. The summed E-state index contributed by atoms with van der Waals surface area (Å²) in [5.41, 5.74) is 16.4. The molecule has 5 heteroatoms. The molecule has 0 amide bonds. The third-order valence-corrected chi connectivity index (χ3v) is 13.2. The van der Waals surface area contributed by atoms with E-state index in [-0.39, 0.29) is 0 Å². The molecule has 0 aliphatic carbocycles. The molecule has 68 heavy (non-hydrogen) atoms. The minimum atomic E-state index is 0.556. The van der Waals surface area contributed by atoms with Gasteiger partial charge in [0.2, 0.25) is 5.95 Å². The second-order valence-corrected chi connectivity index (χ2v) is 17.2. The molecule has 0 radical (unpaired) electrons. The Bertz CT molecular complexity index is 3930. The highest BCUT2D eigenvalue weighted by Crippen LogP contribution is 2.43. The Morgan fingerprint density at radius 1 is 0.235 bits per heavy atom. The van der Waals surface area contributed by atoms with Crippen LogP contribution in [0.1, 0.15) is 0 Å². The van der Waals surface area contributed by atoms with Crippen LogP contribution in [0.2, 0.25) is 0 Å². The molecule has 0 saturated heterocycles. The van der Waals surface area contributed by atoms with Crippen LogP contribution in [0.3, 0.4) is 0 Å². The fourth-order valence-electron chi connectivity index (χ4n) is 9.94. The van der Waals surface area contributed by atoms with Crippen LogP contribution in [0, 0.1) is 0 Å². The first kappa shape index (κ1) is 39.2. The smallest absolute Gasteiger partial charge is 0.238 e. The molecule has 0 saturated carbocycles. The number of nitrogens with zero attached hydrogens (tertiary/aromatic N) is 5. The van der Waals surface area contributed by atoms with Crippen molar-refractivity contribution in [1.82, 2.24) is 24.1 Å². The molecule has 5 nitrogen and oxygen atoms in total. The quantitative estimate of drug-likeness (QED) is 0.153. The standard InChI is InChI=1S/C63H41N5/c1-5-18-42(19-6-1)44-32-34-45(35-33-44)48-26-17-27-49(38-48)51-39-50(43-20-7-2-8-21-43)40-52(41-51)67-57-30-15-13-28-53(57)55-36-37-56-54-29-14-16-31-58(54)68(60(56)59(55)67)63-65-61(46-22-9-3-10-23-46)64-62(66-63)47-24-11-4-12-25-47/h1-41H. The molecule has 0 bridgehead atoms. The van der Waals surface area contributed by atoms with E-state index >= 15 is 0 Å². The highest BCUT2D eigenvalue weighted by atomic mass is 15.2. The lowest BCUT2D eigenvalue weighted by Crippen LogP contribution is -2.07. The largest absolute Gasteiger partial charge is 0.307 e. The molecule has 13 aromatic rings. The summed E-state index contributed by atoms with van der Waals surface area (Å²) < 4.78 is 4.72. The van der Waals surface area contributed by atoms with Gasteiger partial charge in [0, 0.05) is 38.4 Å². The number of benzene rings is 10. The van der Waals surface area contributed by atoms with Crippen LogP contribution in [-0.2, 0) is 0 Å². The summed E-state index contributed by atoms with van der Waals surface area (Å²) in [7, 11) is 0. The van der Waals surface area contributed by atoms with Gasteiger partial charge in [-0.15, -0.1) is 0 Å². The Labute approximate surface area is 393 Å². The van der Waals surface area contributed by atoms with Crippen LogP contribution in [0.15, 0.2) is 249 Å². The molecule has 0 aliphatic heterocycles. The summed E-state index contributed by atoms with van der Waals surface area (Å²) in [6.07, 6.45) is 0. The van der Waals surface area contributed by atoms with Crippen molar-refractivity contribution < 1.29 is 0 Å². The van der Waals surface area contributed by atoms with Crippen LogP contribution < -0.4 is 0 Å². The van der Waals surface area contributed by atoms with Gasteiger partial charge >= 0.3 is 0 Å². The van der Waals surface area contributed by atoms with Crippen LogP contribution in [-0.4, -0.2) is 24.1 Å². The van der Waals surface area contributed by atoms with Gasteiger partial charge in [-0.3, -0.25) is 4.57 Å². The summed E-state index contributed by atoms with van der Waals surface area (Å²) in [5.74, 6) is 1.78. The molecule has 0 spiro atoms. The first-order chi connectivity index (χ1) is 33.7. The topological polar surface area (TPSA) is 48.5 Å². The summed E-state index contributed by atoms with van der Waals surface area (Å²) in [6, 6.07) is 88.4. The van der Waals surface area contributed by atoms with Gasteiger partial charge in [0.15, 0.2) is 11.6 Å². The fourth-order valence-corrected chi connectivity index (χ4v) is 9.94. The lowest BCUT2D eigenvalue weighted by Gasteiger charge is -2.16. The molecule has 10 aromatic carbocycles. The minimum Gasteiger partial charge on any atom is -0.307 e. The number of para-hydroxylation sites is 2. The lowest BCUT2D eigenvalue weighted by molar-refractivity contribution is 0.953. The predicted octanol–water partition coefficient (Wildman–Crippen LogP) is 16.1. The molecule has 0 N–H and O–H groups in total. The van der Waals surface area contributed by atoms with Gasteiger partial charge in [-0.05, 0) is 80.9 Å². The van der Waals surface area contributed by atoms with Crippen LogP contribution in [0.5, 0.6) is 0 Å². The Morgan fingerprint density at radius 3 is 1.15 bits per heavy atom. The minimum absolute atomic E-state index is 0.556. The zero-order valence-corrected chi connectivity index (χ0v) is 36.9. The maximum absolute atomic E-state index is 5.33. The first-order valence-electron chi connectivity index (χ1n) is 23.0. The van der Waals surface area contributed by atoms with E-state index in [1.807, 2.05) is 36.4 Å². The molecule has 318 valence electrons. The van der Waals surface area contributed by atoms with Crippen molar-refractivity contribution >= 4 is 43.6 Å². The Kier molecular flexibility index (Phi) is 9.43. The summed E-state index contributed by atoms with van der Waals surface area (Å²) in [6.45, 7) is 0. The summed E-state index contributed by atoms with van der Waals surface area (Å²) in [4.78, 5) is 15.7. The molecule has 0 aliphatic rings. The SMILES string of the molecule is c1ccc(-c2ccc(-c3cccc(-c4cc(-c5ccccc5)cc(-n5c6ccccc6c6ccc7c8ccccc8n(-c8nc(-c9ccccc9)nc(-c9ccccc9)n8)c7c65)c4)c3)cc2)cc1. The van der Waals surface area contributed by atoms with Crippen molar-refractivity contribution in [3.8, 4) is 78.9 Å². The van der Waals surface area contributed by atoms with E-state index < -0.39 is 0 Å². The van der Waals surface area contributed by atoms with Crippen molar-refractivity contribution in [3.63, 3.8) is 0 Å². The van der Waals surface area contributed by atoms with E-state index in [9.17, 15) is 0 Å². The van der Waals surface area contributed by atoms with E-state index in [1.165, 1.54) is 27.6 Å². The summed E-state index contributed by atoms with van der Waals surface area (Å²) >= 11 is 0.